The number of hydrazone groups is 1. The van der Waals surface area contributed by atoms with Crippen molar-refractivity contribution in [3.05, 3.63) is 99.6 Å². The lowest BCUT2D eigenvalue weighted by atomic mass is 10.1. The van der Waals surface area contributed by atoms with Crippen molar-refractivity contribution in [1.29, 1.82) is 0 Å². The van der Waals surface area contributed by atoms with Crippen molar-refractivity contribution in [3.8, 4) is 5.75 Å². The van der Waals surface area contributed by atoms with E-state index < -0.39 is 4.92 Å². The quantitative estimate of drug-likeness (QED) is 0.368. The molecule has 0 fully saturated rings. The molecule has 0 radical (unpaired) electrons. The molecule has 0 spiro atoms. The lowest BCUT2D eigenvalue weighted by Crippen LogP contribution is -1.97. The summed E-state index contributed by atoms with van der Waals surface area (Å²) in [6, 6.07) is 21.9. The second-order valence-corrected chi connectivity index (χ2v) is 5.96. The van der Waals surface area contributed by atoms with Crippen LogP contribution in [0.3, 0.4) is 0 Å². The van der Waals surface area contributed by atoms with E-state index in [1.54, 1.807) is 18.3 Å². The van der Waals surface area contributed by atoms with E-state index >= 15 is 0 Å². The SMILES string of the molecule is Cc1ccccc1COc1ccc(C=NNc2cccc([N+](=O)[O-])c2)cc1. The molecule has 0 aliphatic rings. The minimum atomic E-state index is -0.440. The van der Waals surface area contributed by atoms with Gasteiger partial charge in [-0.3, -0.25) is 15.5 Å². The summed E-state index contributed by atoms with van der Waals surface area (Å²) in [6.07, 6.45) is 1.64. The maximum absolute atomic E-state index is 10.8. The lowest BCUT2D eigenvalue weighted by Gasteiger charge is -2.08. The van der Waals surface area contributed by atoms with Crippen LogP contribution in [-0.2, 0) is 6.61 Å². The summed E-state index contributed by atoms with van der Waals surface area (Å²) >= 11 is 0. The number of nitrogens with zero attached hydrogens (tertiary/aromatic N) is 2. The first-order chi connectivity index (χ1) is 13.1. The Kier molecular flexibility index (Phi) is 5.79. The van der Waals surface area contributed by atoms with E-state index in [0.717, 1.165) is 16.9 Å². The van der Waals surface area contributed by atoms with Crippen LogP contribution < -0.4 is 10.2 Å². The van der Waals surface area contributed by atoms with Crippen LogP contribution in [0, 0.1) is 17.0 Å². The second kappa shape index (κ2) is 8.62. The monoisotopic (exact) mass is 361 g/mol. The highest BCUT2D eigenvalue weighted by Crippen LogP contribution is 2.17. The first kappa shape index (κ1) is 18.1. The van der Waals surface area contributed by atoms with E-state index in [9.17, 15) is 10.1 Å². The molecule has 0 aliphatic heterocycles. The molecule has 0 aromatic heterocycles. The first-order valence-corrected chi connectivity index (χ1v) is 8.43. The number of ether oxygens (including phenoxy) is 1. The fourth-order valence-electron chi connectivity index (χ4n) is 2.45. The number of rotatable bonds is 7. The van der Waals surface area contributed by atoms with Gasteiger partial charge in [0.25, 0.3) is 5.69 Å². The zero-order valence-electron chi connectivity index (χ0n) is 14.8. The van der Waals surface area contributed by atoms with Gasteiger partial charge in [-0.15, -0.1) is 0 Å². The Balaban J connectivity index is 1.56. The van der Waals surface area contributed by atoms with Crippen molar-refractivity contribution in [2.45, 2.75) is 13.5 Å². The van der Waals surface area contributed by atoms with Crippen molar-refractivity contribution in [1.82, 2.24) is 0 Å². The van der Waals surface area contributed by atoms with Crippen LogP contribution in [0.1, 0.15) is 16.7 Å². The molecule has 0 saturated carbocycles. The van der Waals surface area contributed by atoms with E-state index in [2.05, 4.69) is 29.6 Å². The molecular formula is C21H19N3O3. The van der Waals surface area contributed by atoms with Crippen LogP contribution >= 0.6 is 0 Å². The van der Waals surface area contributed by atoms with Gasteiger partial charge in [-0.25, -0.2) is 0 Å². The highest BCUT2D eigenvalue weighted by Gasteiger charge is 2.04. The third-order valence-electron chi connectivity index (χ3n) is 4.00. The fraction of sp³-hybridized carbons (Fsp3) is 0.0952. The van der Waals surface area contributed by atoms with Gasteiger partial charge in [-0.2, -0.15) is 5.10 Å². The van der Waals surface area contributed by atoms with Gasteiger partial charge in [0, 0.05) is 12.1 Å². The molecule has 6 nitrogen and oxygen atoms in total. The van der Waals surface area contributed by atoms with Gasteiger partial charge >= 0.3 is 0 Å². The van der Waals surface area contributed by atoms with Crippen LogP contribution in [0.15, 0.2) is 77.9 Å². The van der Waals surface area contributed by atoms with Gasteiger partial charge in [0.2, 0.25) is 0 Å². The highest BCUT2D eigenvalue weighted by atomic mass is 16.6. The Labute approximate surface area is 157 Å². The van der Waals surface area contributed by atoms with Crippen molar-refractivity contribution >= 4 is 17.6 Å². The van der Waals surface area contributed by atoms with E-state index in [1.165, 1.54) is 17.7 Å². The van der Waals surface area contributed by atoms with Gasteiger partial charge in [0.1, 0.15) is 12.4 Å². The van der Waals surface area contributed by atoms with Crippen molar-refractivity contribution in [2.75, 3.05) is 5.43 Å². The molecule has 27 heavy (non-hydrogen) atoms. The molecule has 6 heteroatoms. The molecule has 0 saturated heterocycles. The van der Waals surface area contributed by atoms with Crippen LogP contribution in [0.25, 0.3) is 0 Å². The Morgan fingerprint density at radius 1 is 1.07 bits per heavy atom. The molecule has 0 bridgehead atoms. The van der Waals surface area contributed by atoms with Gasteiger partial charge in [0.15, 0.2) is 0 Å². The topological polar surface area (TPSA) is 76.8 Å². The molecule has 0 heterocycles. The Bertz CT molecular complexity index is 953. The number of benzene rings is 3. The predicted molar refractivity (Wildman–Crippen MR) is 106 cm³/mol. The van der Waals surface area contributed by atoms with Gasteiger partial charge < -0.3 is 4.74 Å². The molecule has 0 aliphatic carbocycles. The van der Waals surface area contributed by atoms with Gasteiger partial charge in [-0.1, -0.05) is 30.3 Å². The number of anilines is 1. The summed E-state index contributed by atoms with van der Waals surface area (Å²) in [4.78, 5) is 10.3. The number of nitro benzene ring substituents is 1. The zero-order chi connectivity index (χ0) is 19.1. The van der Waals surface area contributed by atoms with Crippen LogP contribution in [0.5, 0.6) is 5.75 Å². The van der Waals surface area contributed by atoms with E-state index in [4.69, 9.17) is 4.74 Å². The Hall–Kier alpha value is -3.67. The predicted octanol–water partition coefficient (Wildman–Crippen LogP) is 4.93. The number of non-ortho nitro benzene ring substituents is 1. The average molecular weight is 361 g/mol. The van der Waals surface area contributed by atoms with E-state index in [0.29, 0.717) is 12.3 Å². The van der Waals surface area contributed by atoms with Crippen LogP contribution in [0.2, 0.25) is 0 Å². The largest absolute Gasteiger partial charge is 0.489 e. The molecule has 3 aromatic carbocycles. The van der Waals surface area contributed by atoms with E-state index in [-0.39, 0.29) is 5.69 Å². The summed E-state index contributed by atoms with van der Waals surface area (Å²) in [5.41, 5.74) is 6.61. The number of nitro groups is 1. The molecule has 3 rings (SSSR count). The minimum absolute atomic E-state index is 0.0188. The standard InChI is InChI=1S/C21H19N3O3/c1-16-5-2-3-6-18(16)15-27-21-11-9-17(10-12-21)14-22-23-19-7-4-8-20(13-19)24(25)26/h2-14,23H,15H2,1H3. The van der Waals surface area contributed by atoms with Crippen molar-refractivity contribution < 1.29 is 9.66 Å². The minimum Gasteiger partial charge on any atom is -0.489 e. The smallest absolute Gasteiger partial charge is 0.271 e. The van der Waals surface area contributed by atoms with Gasteiger partial charge in [0.05, 0.1) is 16.8 Å². The molecule has 0 atom stereocenters. The fourth-order valence-corrected chi connectivity index (χ4v) is 2.45. The average Bonchev–Trinajstić information content (AvgIpc) is 2.69. The molecule has 1 N–H and O–H groups in total. The third-order valence-corrected chi connectivity index (χ3v) is 4.00. The summed E-state index contributed by atoms with van der Waals surface area (Å²) in [6.45, 7) is 2.58. The number of hydrogen-bond donors (Lipinski definition) is 1. The molecule has 3 aromatic rings. The van der Waals surface area contributed by atoms with Gasteiger partial charge in [-0.05, 0) is 53.9 Å². The molecule has 0 unspecified atom stereocenters. The van der Waals surface area contributed by atoms with Crippen molar-refractivity contribution in [3.63, 3.8) is 0 Å². The summed E-state index contributed by atoms with van der Waals surface area (Å²) in [5.74, 6) is 0.780. The van der Waals surface area contributed by atoms with Crippen LogP contribution in [-0.4, -0.2) is 11.1 Å². The lowest BCUT2D eigenvalue weighted by molar-refractivity contribution is -0.384. The van der Waals surface area contributed by atoms with E-state index in [1.807, 2.05) is 36.4 Å². The molecule has 136 valence electrons. The maximum Gasteiger partial charge on any atom is 0.271 e. The Morgan fingerprint density at radius 3 is 2.59 bits per heavy atom. The Morgan fingerprint density at radius 2 is 1.85 bits per heavy atom. The second-order valence-electron chi connectivity index (χ2n) is 5.96. The number of nitrogens with one attached hydrogen (secondary N) is 1. The normalized spacial score (nSPS) is 10.7. The maximum atomic E-state index is 10.8. The number of aryl methyl sites for hydroxylation is 1. The van der Waals surface area contributed by atoms with Crippen molar-refractivity contribution in [2.24, 2.45) is 5.10 Å². The zero-order valence-corrected chi connectivity index (χ0v) is 14.8. The third kappa shape index (κ3) is 5.15. The summed E-state index contributed by atoms with van der Waals surface area (Å²) in [5, 5.41) is 14.9. The number of hydrogen-bond acceptors (Lipinski definition) is 5. The summed E-state index contributed by atoms with van der Waals surface area (Å²) < 4.78 is 5.81. The summed E-state index contributed by atoms with van der Waals surface area (Å²) in [7, 11) is 0. The first-order valence-electron chi connectivity index (χ1n) is 8.43. The van der Waals surface area contributed by atoms with Crippen LogP contribution in [0.4, 0.5) is 11.4 Å². The molecular weight excluding hydrogens is 342 g/mol. The molecule has 0 amide bonds. The highest BCUT2D eigenvalue weighted by molar-refractivity contribution is 5.80.